The lowest BCUT2D eigenvalue weighted by atomic mass is 10.0. The van der Waals surface area contributed by atoms with Crippen LogP contribution in [-0.4, -0.2) is 47.4 Å². The Kier molecular flexibility index (Phi) is 61.4. The van der Waals surface area contributed by atoms with Crippen LogP contribution < -0.4 is 5.32 Å². The van der Waals surface area contributed by atoms with E-state index in [0.717, 1.165) is 44.9 Å². The molecule has 73 heavy (non-hydrogen) atoms. The third-order valence-electron chi connectivity index (χ3n) is 15.5. The van der Waals surface area contributed by atoms with Gasteiger partial charge in [-0.3, -0.25) is 9.59 Å². The molecule has 0 aliphatic carbocycles. The minimum absolute atomic E-state index is 0.00784. The second-order valence-electron chi connectivity index (χ2n) is 22.8. The van der Waals surface area contributed by atoms with Gasteiger partial charge in [-0.25, -0.2) is 0 Å². The van der Waals surface area contributed by atoms with E-state index in [9.17, 15) is 19.8 Å². The second-order valence-corrected chi connectivity index (χ2v) is 22.8. The summed E-state index contributed by atoms with van der Waals surface area (Å²) in [4.78, 5) is 24.6. The summed E-state index contributed by atoms with van der Waals surface area (Å²) >= 11 is 0. The lowest BCUT2D eigenvalue weighted by molar-refractivity contribution is -0.143. The Morgan fingerprint density at radius 3 is 0.973 bits per heavy atom. The van der Waals surface area contributed by atoms with Gasteiger partial charge in [0.05, 0.1) is 25.4 Å². The Bertz CT molecular complexity index is 1140. The van der Waals surface area contributed by atoms with Crippen molar-refractivity contribution in [2.45, 2.75) is 379 Å². The average molecular weight is 1030 g/mol. The molecule has 0 aliphatic heterocycles. The maximum atomic E-state index is 12.5. The summed E-state index contributed by atoms with van der Waals surface area (Å²) in [7, 11) is 0. The van der Waals surface area contributed by atoms with Gasteiger partial charge in [0, 0.05) is 12.8 Å². The van der Waals surface area contributed by atoms with Gasteiger partial charge in [-0.15, -0.1) is 0 Å². The molecule has 0 rings (SSSR count). The zero-order valence-electron chi connectivity index (χ0n) is 49.4. The van der Waals surface area contributed by atoms with Gasteiger partial charge >= 0.3 is 5.97 Å². The van der Waals surface area contributed by atoms with Gasteiger partial charge < -0.3 is 20.3 Å². The molecule has 1 amide bonds. The number of ether oxygens (including phenoxy) is 1. The molecular weight excluding hydrogens is 899 g/mol. The van der Waals surface area contributed by atoms with Crippen molar-refractivity contribution in [2.24, 2.45) is 0 Å². The quantitative estimate of drug-likeness (QED) is 0.0320. The van der Waals surface area contributed by atoms with Crippen LogP contribution in [0.15, 0.2) is 24.3 Å². The average Bonchev–Trinajstić information content (AvgIpc) is 3.39. The topological polar surface area (TPSA) is 95.9 Å². The number of aliphatic hydroxyl groups excluding tert-OH is 2. The summed E-state index contributed by atoms with van der Waals surface area (Å²) in [6.45, 7) is 4.93. The molecule has 2 unspecified atom stereocenters. The number of unbranched alkanes of at least 4 members (excludes halogenated alkanes) is 49. The Balaban J connectivity index is 3.45. The monoisotopic (exact) mass is 1030 g/mol. The smallest absolute Gasteiger partial charge is 0.305 e. The number of rotatable bonds is 62. The fourth-order valence-corrected chi connectivity index (χ4v) is 10.4. The minimum atomic E-state index is -0.851. The second kappa shape index (κ2) is 62.9. The molecule has 6 heteroatoms. The maximum Gasteiger partial charge on any atom is 0.305 e. The predicted molar refractivity (Wildman–Crippen MR) is 320 cm³/mol. The van der Waals surface area contributed by atoms with Crippen molar-refractivity contribution in [3.05, 3.63) is 24.3 Å². The van der Waals surface area contributed by atoms with Crippen molar-refractivity contribution in [2.75, 3.05) is 13.2 Å². The number of nitrogens with one attached hydrogen (secondary N) is 1. The lowest BCUT2D eigenvalue weighted by Crippen LogP contribution is -2.45. The number of carbonyl (C=O) groups is 2. The van der Waals surface area contributed by atoms with E-state index < -0.39 is 12.1 Å². The summed E-state index contributed by atoms with van der Waals surface area (Å²) in [5.74, 6) is -0.0664. The summed E-state index contributed by atoms with van der Waals surface area (Å²) in [5.41, 5.74) is 0. The number of hydrogen-bond acceptors (Lipinski definition) is 5. The third-order valence-corrected chi connectivity index (χ3v) is 15.5. The van der Waals surface area contributed by atoms with E-state index in [0.29, 0.717) is 19.4 Å². The predicted octanol–water partition coefficient (Wildman–Crippen LogP) is 21.0. The van der Waals surface area contributed by atoms with Gasteiger partial charge in [-0.05, 0) is 57.8 Å². The van der Waals surface area contributed by atoms with Crippen molar-refractivity contribution in [1.82, 2.24) is 5.32 Å². The number of allylic oxidation sites excluding steroid dienone is 3. The van der Waals surface area contributed by atoms with Crippen molar-refractivity contribution in [3.8, 4) is 0 Å². The first kappa shape index (κ1) is 71.3. The molecule has 2 atom stereocenters. The Morgan fingerprint density at radius 1 is 0.370 bits per heavy atom. The lowest BCUT2D eigenvalue weighted by Gasteiger charge is -2.20. The molecule has 432 valence electrons. The van der Waals surface area contributed by atoms with Crippen molar-refractivity contribution in [3.63, 3.8) is 0 Å². The molecule has 0 spiro atoms. The SMILES string of the molecule is CCCCCCCCCCCCCCCCCCCC/C=C/C(O)C(CO)NC(=O)CCCCCCCCC/C=C\CCCCCCCCCCOC(=O)CCCCCCCCCCCCCCCCCCC. The molecule has 6 nitrogen and oxygen atoms in total. The van der Waals surface area contributed by atoms with Crippen LogP contribution >= 0.6 is 0 Å². The largest absolute Gasteiger partial charge is 0.466 e. The normalized spacial score (nSPS) is 12.7. The molecule has 0 bridgehead atoms. The number of esters is 1. The van der Waals surface area contributed by atoms with Crippen LogP contribution in [-0.2, 0) is 14.3 Å². The Hall–Kier alpha value is -1.66. The van der Waals surface area contributed by atoms with Gasteiger partial charge in [-0.1, -0.05) is 321 Å². The molecule has 0 heterocycles. The third kappa shape index (κ3) is 59.4. The molecule has 0 aromatic carbocycles. The van der Waals surface area contributed by atoms with E-state index >= 15 is 0 Å². The van der Waals surface area contributed by atoms with Crippen LogP contribution in [0.25, 0.3) is 0 Å². The maximum absolute atomic E-state index is 12.5. The highest BCUT2D eigenvalue weighted by atomic mass is 16.5. The Morgan fingerprint density at radius 2 is 0.644 bits per heavy atom. The van der Waals surface area contributed by atoms with E-state index in [1.165, 1.54) is 295 Å². The molecule has 0 saturated heterocycles. The summed E-state index contributed by atoms with van der Waals surface area (Å²) in [6, 6.07) is -0.636. The zero-order valence-corrected chi connectivity index (χ0v) is 49.4. The number of amides is 1. The fraction of sp³-hybridized carbons (Fsp3) is 0.910. The van der Waals surface area contributed by atoms with E-state index in [2.05, 4.69) is 31.3 Å². The van der Waals surface area contributed by atoms with Gasteiger partial charge in [0.2, 0.25) is 5.91 Å². The molecule has 0 saturated carbocycles. The highest BCUT2D eigenvalue weighted by Gasteiger charge is 2.18. The van der Waals surface area contributed by atoms with Gasteiger partial charge in [0.15, 0.2) is 0 Å². The van der Waals surface area contributed by atoms with Gasteiger partial charge in [-0.2, -0.15) is 0 Å². The molecule has 0 radical (unpaired) electrons. The van der Waals surface area contributed by atoms with Crippen LogP contribution in [0.3, 0.4) is 0 Å². The first-order valence-corrected chi connectivity index (χ1v) is 33.1. The molecular formula is C67H129NO5. The summed E-state index contributed by atoms with van der Waals surface area (Å²) in [5, 5.41) is 23.2. The highest BCUT2D eigenvalue weighted by molar-refractivity contribution is 5.76. The van der Waals surface area contributed by atoms with Crippen LogP contribution in [0.4, 0.5) is 0 Å². The van der Waals surface area contributed by atoms with Crippen molar-refractivity contribution < 1.29 is 24.5 Å². The molecule has 0 fully saturated rings. The molecule has 0 aromatic heterocycles. The van der Waals surface area contributed by atoms with Crippen LogP contribution in [0, 0.1) is 0 Å². The number of carbonyl (C=O) groups excluding carboxylic acids is 2. The first-order valence-electron chi connectivity index (χ1n) is 33.1. The van der Waals surface area contributed by atoms with Crippen LogP contribution in [0.2, 0.25) is 0 Å². The first-order chi connectivity index (χ1) is 36.0. The standard InChI is InChI=1S/C67H129NO5/c1-3-5-7-9-11-13-15-17-19-21-22-24-28-31-35-39-43-47-51-55-59-65(70)64(63-69)68-66(71)60-56-52-48-44-40-36-32-29-25-23-26-30-34-38-42-46-50-54-58-62-73-67(72)61-57-53-49-45-41-37-33-27-20-18-16-14-12-10-8-6-4-2/h23,25,55,59,64-65,69-70H,3-22,24,26-54,56-58,60-63H2,1-2H3,(H,68,71)/b25-23-,59-55+. The van der Waals surface area contributed by atoms with E-state index in [1.807, 2.05) is 6.08 Å². The van der Waals surface area contributed by atoms with Gasteiger partial charge in [0.1, 0.15) is 0 Å². The highest BCUT2D eigenvalue weighted by Crippen LogP contribution is 2.18. The Labute approximate surface area is 456 Å². The van der Waals surface area contributed by atoms with E-state index in [1.54, 1.807) is 6.08 Å². The summed E-state index contributed by atoms with van der Waals surface area (Å²) in [6.07, 6.45) is 78.0. The van der Waals surface area contributed by atoms with Crippen LogP contribution in [0.1, 0.15) is 367 Å². The van der Waals surface area contributed by atoms with Crippen LogP contribution in [0.5, 0.6) is 0 Å². The fourth-order valence-electron chi connectivity index (χ4n) is 10.4. The number of hydrogen-bond donors (Lipinski definition) is 3. The van der Waals surface area contributed by atoms with E-state index in [-0.39, 0.29) is 18.5 Å². The minimum Gasteiger partial charge on any atom is -0.466 e. The van der Waals surface area contributed by atoms with Crippen molar-refractivity contribution in [1.29, 1.82) is 0 Å². The van der Waals surface area contributed by atoms with Gasteiger partial charge in [0.25, 0.3) is 0 Å². The zero-order chi connectivity index (χ0) is 52.9. The number of aliphatic hydroxyl groups is 2. The molecule has 3 N–H and O–H groups in total. The molecule has 0 aromatic rings. The van der Waals surface area contributed by atoms with E-state index in [4.69, 9.17) is 4.74 Å². The summed E-state index contributed by atoms with van der Waals surface area (Å²) < 4.78 is 5.49. The van der Waals surface area contributed by atoms with Crippen molar-refractivity contribution >= 4 is 11.9 Å². The molecule has 0 aliphatic rings.